The first-order valence-corrected chi connectivity index (χ1v) is 6.86. The van der Waals surface area contributed by atoms with Crippen LogP contribution in [0.3, 0.4) is 0 Å². The molecule has 7 heteroatoms. The van der Waals surface area contributed by atoms with Crippen LogP contribution in [0.4, 0.5) is 0 Å². The van der Waals surface area contributed by atoms with Gasteiger partial charge in [0.15, 0.2) is 5.78 Å². The number of carbonyl (C=O) groups is 4. The van der Waals surface area contributed by atoms with Crippen LogP contribution in [0.25, 0.3) is 0 Å². The number of hydrogen-bond donors (Lipinski definition) is 0. The van der Waals surface area contributed by atoms with Crippen molar-refractivity contribution in [1.29, 1.82) is 0 Å². The van der Waals surface area contributed by atoms with Crippen LogP contribution in [-0.4, -0.2) is 55.7 Å². The molecule has 7 nitrogen and oxygen atoms in total. The molecule has 0 fully saturated rings. The Hall–Kier alpha value is -2.18. The molecule has 0 bridgehead atoms. The first-order chi connectivity index (χ1) is 10.1. The van der Waals surface area contributed by atoms with Crippen molar-refractivity contribution in [3.8, 4) is 0 Å². The van der Waals surface area contributed by atoms with Crippen LogP contribution in [0.5, 0.6) is 0 Å². The van der Waals surface area contributed by atoms with E-state index < -0.39 is 11.9 Å². The summed E-state index contributed by atoms with van der Waals surface area (Å²) in [5.41, 5.74) is 0.0758. The van der Waals surface area contributed by atoms with E-state index in [0.717, 1.165) is 0 Å². The Morgan fingerprint density at radius 1 is 0.955 bits per heavy atom. The van der Waals surface area contributed by atoms with Crippen molar-refractivity contribution < 1.29 is 28.7 Å². The molecule has 0 aromatic heterocycles. The highest BCUT2D eigenvalue weighted by atomic mass is 16.5. The highest BCUT2D eigenvalue weighted by molar-refractivity contribution is 6.16. The van der Waals surface area contributed by atoms with Crippen LogP contribution in [-0.2, 0) is 28.7 Å². The normalized spacial score (nSPS) is 10.0. The molecule has 22 heavy (non-hydrogen) atoms. The summed E-state index contributed by atoms with van der Waals surface area (Å²) >= 11 is 0. The molecule has 0 heterocycles. The molecule has 0 rings (SSSR count). The van der Waals surface area contributed by atoms with Gasteiger partial charge in [0.1, 0.15) is 17.8 Å². The van der Waals surface area contributed by atoms with Gasteiger partial charge < -0.3 is 14.4 Å². The third-order valence-electron chi connectivity index (χ3n) is 1.96. The maximum absolute atomic E-state index is 11.2. The van der Waals surface area contributed by atoms with Crippen molar-refractivity contribution in [1.82, 2.24) is 4.90 Å². The summed E-state index contributed by atoms with van der Waals surface area (Å²) in [6.45, 7) is 6.72. The molecule has 0 aliphatic rings. The van der Waals surface area contributed by atoms with Gasteiger partial charge in [0.05, 0.1) is 13.2 Å². The highest BCUT2D eigenvalue weighted by Gasteiger charge is 2.15. The zero-order valence-corrected chi connectivity index (χ0v) is 14.1. The van der Waals surface area contributed by atoms with E-state index in [-0.39, 0.29) is 30.2 Å². The molecule has 0 saturated heterocycles. The molecule has 0 aliphatic heterocycles. The van der Waals surface area contributed by atoms with Gasteiger partial charge >= 0.3 is 11.9 Å². The smallest absolute Gasteiger partial charge is 0.343 e. The van der Waals surface area contributed by atoms with Gasteiger partial charge in [-0.15, -0.1) is 0 Å². The Kier molecular flexibility index (Phi) is 12.6. The number of nitrogens with zero attached hydrogens (tertiary/aromatic N) is 1. The largest absolute Gasteiger partial charge is 0.466 e. The van der Waals surface area contributed by atoms with Gasteiger partial charge in [-0.25, -0.2) is 4.79 Å². The number of esters is 2. The number of ketones is 2. The Labute approximate surface area is 131 Å². The molecular weight excluding hydrogens is 290 g/mol. The second-order valence-corrected chi connectivity index (χ2v) is 4.47. The van der Waals surface area contributed by atoms with Gasteiger partial charge in [0, 0.05) is 20.3 Å². The molecule has 0 aromatic carbocycles. The van der Waals surface area contributed by atoms with E-state index in [9.17, 15) is 19.2 Å². The monoisotopic (exact) mass is 315 g/mol. The minimum Gasteiger partial charge on any atom is -0.466 e. The van der Waals surface area contributed by atoms with E-state index in [0.29, 0.717) is 6.61 Å². The predicted molar refractivity (Wildman–Crippen MR) is 81.0 cm³/mol. The minimum atomic E-state index is -0.566. The van der Waals surface area contributed by atoms with Crippen molar-refractivity contribution in [2.45, 2.75) is 34.1 Å². The summed E-state index contributed by atoms with van der Waals surface area (Å²) in [5, 5.41) is 0. The second kappa shape index (κ2) is 12.6. The topological polar surface area (TPSA) is 90.0 Å². The molecule has 0 N–H and O–H groups in total. The van der Waals surface area contributed by atoms with Crippen LogP contribution in [0.1, 0.15) is 34.1 Å². The fraction of sp³-hybridized carbons (Fsp3) is 0.600. The van der Waals surface area contributed by atoms with Gasteiger partial charge in [0.2, 0.25) is 0 Å². The van der Waals surface area contributed by atoms with Gasteiger partial charge in [0.25, 0.3) is 0 Å². The molecule has 0 amide bonds. The summed E-state index contributed by atoms with van der Waals surface area (Å²) < 4.78 is 9.20. The first-order valence-electron chi connectivity index (χ1n) is 6.86. The minimum absolute atomic E-state index is 0.0758. The SMILES string of the molecule is CCOC(=O)C(=CN(C)C)C(C)=O.CCOC(=O)CC(C)=O. The number of ether oxygens (including phenoxy) is 2. The van der Waals surface area contributed by atoms with Crippen molar-refractivity contribution in [2.75, 3.05) is 27.3 Å². The number of Topliss-reactive ketones (excluding diaryl/α,β-unsaturated/α-hetero) is 2. The average Bonchev–Trinajstić information content (AvgIpc) is 2.35. The third kappa shape index (κ3) is 12.8. The van der Waals surface area contributed by atoms with Gasteiger partial charge in [-0.05, 0) is 27.7 Å². The summed E-state index contributed by atoms with van der Waals surface area (Å²) in [4.78, 5) is 44.5. The summed E-state index contributed by atoms with van der Waals surface area (Å²) in [6.07, 6.45) is 1.36. The van der Waals surface area contributed by atoms with Crippen molar-refractivity contribution >= 4 is 23.5 Å². The number of hydrogen-bond acceptors (Lipinski definition) is 7. The molecule has 0 aromatic rings. The lowest BCUT2D eigenvalue weighted by atomic mass is 10.2. The summed E-state index contributed by atoms with van der Waals surface area (Å²) in [5.74, 6) is -1.45. The van der Waals surface area contributed by atoms with Crippen molar-refractivity contribution in [3.63, 3.8) is 0 Å². The zero-order chi connectivity index (χ0) is 17.7. The maximum Gasteiger partial charge on any atom is 0.343 e. The van der Waals surface area contributed by atoms with E-state index in [1.165, 1.54) is 20.0 Å². The van der Waals surface area contributed by atoms with Gasteiger partial charge in [-0.2, -0.15) is 0 Å². The molecular formula is C15H25NO6. The fourth-order valence-corrected chi connectivity index (χ4v) is 1.17. The quantitative estimate of drug-likeness (QED) is 0.301. The van der Waals surface area contributed by atoms with Crippen LogP contribution in [0, 0.1) is 0 Å². The average molecular weight is 315 g/mol. The number of rotatable bonds is 7. The molecule has 0 saturated carbocycles. The predicted octanol–water partition coefficient (Wildman–Crippen LogP) is 1.11. The van der Waals surface area contributed by atoms with E-state index in [1.807, 2.05) is 0 Å². The Morgan fingerprint density at radius 2 is 1.45 bits per heavy atom. The molecule has 0 atom stereocenters. The number of carbonyl (C=O) groups excluding carboxylic acids is 4. The Morgan fingerprint density at radius 3 is 1.77 bits per heavy atom. The Bertz CT molecular complexity index is 426. The van der Waals surface area contributed by atoms with Crippen LogP contribution >= 0.6 is 0 Å². The van der Waals surface area contributed by atoms with E-state index in [4.69, 9.17) is 4.74 Å². The van der Waals surface area contributed by atoms with E-state index >= 15 is 0 Å². The van der Waals surface area contributed by atoms with Gasteiger partial charge in [-0.1, -0.05) is 0 Å². The van der Waals surface area contributed by atoms with Crippen molar-refractivity contribution in [3.05, 3.63) is 11.8 Å². The summed E-state index contributed by atoms with van der Waals surface area (Å²) in [6, 6.07) is 0. The highest BCUT2D eigenvalue weighted by Crippen LogP contribution is 2.00. The zero-order valence-electron chi connectivity index (χ0n) is 14.1. The molecule has 0 spiro atoms. The van der Waals surface area contributed by atoms with E-state index in [1.54, 1.807) is 32.8 Å². The summed E-state index contributed by atoms with van der Waals surface area (Å²) in [7, 11) is 3.48. The lowest BCUT2D eigenvalue weighted by Gasteiger charge is -2.08. The van der Waals surface area contributed by atoms with E-state index in [2.05, 4.69) is 4.74 Å². The molecule has 0 aliphatic carbocycles. The standard InChI is InChI=1S/C9H15NO3.C6H10O3/c1-5-13-9(12)8(7(2)11)6-10(3)4;1-3-9-6(8)4-5(2)7/h6H,5H2,1-4H3;3-4H2,1-2H3. The lowest BCUT2D eigenvalue weighted by Crippen LogP contribution is -2.17. The lowest BCUT2D eigenvalue weighted by molar-refractivity contribution is -0.145. The molecule has 0 radical (unpaired) electrons. The third-order valence-corrected chi connectivity index (χ3v) is 1.96. The van der Waals surface area contributed by atoms with Crippen LogP contribution in [0.15, 0.2) is 11.8 Å². The second-order valence-electron chi connectivity index (χ2n) is 4.47. The Balaban J connectivity index is 0. The van der Waals surface area contributed by atoms with Gasteiger partial charge in [-0.3, -0.25) is 14.4 Å². The van der Waals surface area contributed by atoms with Crippen molar-refractivity contribution in [2.24, 2.45) is 0 Å². The fourth-order valence-electron chi connectivity index (χ4n) is 1.17. The van der Waals surface area contributed by atoms with Crippen LogP contribution < -0.4 is 0 Å². The first kappa shape index (κ1) is 22.1. The molecule has 126 valence electrons. The maximum atomic E-state index is 11.2. The molecule has 0 unspecified atom stereocenters. The van der Waals surface area contributed by atoms with Crippen LogP contribution in [0.2, 0.25) is 0 Å².